The Bertz CT molecular complexity index is 816. The maximum Gasteiger partial charge on any atom is 0.410 e. The molecule has 2 aromatic rings. The molecule has 1 aliphatic heterocycles. The molecule has 1 aromatic heterocycles. The number of rotatable bonds is 4. The molecule has 0 saturated heterocycles. The van der Waals surface area contributed by atoms with E-state index in [1.807, 2.05) is 32.2 Å². The Morgan fingerprint density at radius 3 is 2.56 bits per heavy atom. The molecule has 0 N–H and O–H groups in total. The number of halogens is 1. The largest absolute Gasteiger partial charge is 0.453 e. The van der Waals surface area contributed by atoms with Gasteiger partial charge in [-0.1, -0.05) is 12.1 Å². The van der Waals surface area contributed by atoms with E-state index in [2.05, 4.69) is 4.57 Å². The summed E-state index contributed by atoms with van der Waals surface area (Å²) in [5.74, 6) is -0.490. The standard InChI is InChI=1S/C20H24FN3O3/c1-14(2)24(20(26)27-3)13-18(25)23-12-11-22-10-4-5-17(22)19(23)15-6-8-16(21)9-7-15/h4-10,14,19H,11-13H2,1-3H3/t19-/m0/s1. The van der Waals surface area contributed by atoms with E-state index in [0.29, 0.717) is 13.1 Å². The second-order valence-electron chi connectivity index (χ2n) is 6.86. The summed E-state index contributed by atoms with van der Waals surface area (Å²) >= 11 is 0. The highest BCUT2D eigenvalue weighted by molar-refractivity contribution is 5.83. The van der Waals surface area contributed by atoms with E-state index in [1.54, 1.807) is 17.0 Å². The number of hydrogen-bond acceptors (Lipinski definition) is 3. The predicted molar refractivity (Wildman–Crippen MR) is 98.6 cm³/mol. The van der Waals surface area contributed by atoms with Crippen molar-refractivity contribution >= 4 is 12.0 Å². The van der Waals surface area contributed by atoms with Crippen molar-refractivity contribution in [3.8, 4) is 0 Å². The third-order valence-corrected chi connectivity index (χ3v) is 4.88. The van der Waals surface area contributed by atoms with Gasteiger partial charge in [0, 0.05) is 31.0 Å². The van der Waals surface area contributed by atoms with Crippen LogP contribution in [0.3, 0.4) is 0 Å². The molecule has 3 rings (SSSR count). The van der Waals surface area contributed by atoms with Gasteiger partial charge in [-0.3, -0.25) is 9.69 Å². The third kappa shape index (κ3) is 3.82. The Kier molecular flexibility index (Phi) is 5.48. The average molecular weight is 373 g/mol. The van der Waals surface area contributed by atoms with E-state index >= 15 is 0 Å². The minimum atomic E-state index is -0.530. The van der Waals surface area contributed by atoms with E-state index in [-0.39, 0.29) is 30.4 Å². The zero-order valence-electron chi connectivity index (χ0n) is 15.8. The molecule has 1 aromatic carbocycles. The molecule has 2 amide bonds. The molecule has 0 bridgehead atoms. The summed E-state index contributed by atoms with van der Waals surface area (Å²) in [6, 6.07) is 9.60. The maximum absolute atomic E-state index is 13.4. The van der Waals surface area contributed by atoms with E-state index < -0.39 is 6.09 Å². The van der Waals surface area contributed by atoms with Gasteiger partial charge in [0.15, 0.2) is 0 Å². The van der Waals surface area contributed by atoms with E-state index in [4.69, 9.17) is 4.74 Å². The lowest BCUT2D eigenvalue weighted by Crippen LogP contribution is -2.49. The van der Waals surface area contributed by atoms with Gasteiger partial charge in [0.1, 0.15) is 12.4 Å². The number of carbonyl (C=O) groups is 2. The first kappa shape index (κ1) is 18.9. The fraction of sp³-hybridized carbons (Fsp3) is 0.400. The summed E-state index contributed by atoms with van der Waals surface area (Å²) in [7, 11) is 1.30. The number of fused-ring (bicyclic) bond motifs is 1. The van der Waals surface area contributed by atoms with Crippen LogP contribution < -0.4 is 0 Å². The number of benzene rings is 1. The predicted octanol–water partition coefficient (Wildman–Crippen LogP) is 3.04. The van der Waals surface area contributed by atoms with Crippen LogP contribution in [0.4, 0.5) is 9.18 Å². The van der Waals surface area contributed by atoms with Crippen molar-refractivity contribution in [1.82, 2.24) is 14.4 Å². The zero-order valence-corrected chi connectivity index (χ0v) is 15.8. The second-order valence-corrected chi connectivity index (χ2v) is 6.86. The first-order valence-corrected chi connectivity index (χ1v) is 8.97. The summed E-state index contributed by atoms with van der Waals surface area (Å²) in [5, 5.41) is 0. The van der Waals surface area contributed by atoms with Gasteiger partial charge in [-0.2, -0.15) is 0 Å². The lowest BCUT2D eigenvalue weighted by Gasteiger charge is -2.38. The molecule has 0 spiro atoms. The highest BCUT2D eigenvalue weighted by atomic mass is 19.1. The van der Waals surface area contributed by atoms with Gasteiger partial charge in [-0.15, -0.1) is 0 Å². The van der Waals surface area contributed by atoms with E-state index in [0.717, 1.165) is 11.3 Å². The van der Waals surface area contributed by atoms with Crippen molar-refractivity contribution in [3.63, 3.8) is 0 Å². The van der Waals surface area contributed by atoms with Crippen molar-refractivity contribution in [2.24, 2.45) is 0 Å². The molecule has 6 nitrogen and oxygen atoms in total. The molecule has 0 fully saturated rings. The number of amides is 2. The molecular formula is C20H24FN3O3. The van der Waals surface area contributed by atoms with Crippen molar-refractivity contribution in [1.29, 1.82) is 0 Å². The molecule has 2 heterocycles. The number of carbonyl (C=O) groups excluding carboxylic acids is 2. The van der Waals surface area contributed by atoms with Crippen LogP contribution in [0.1, 0.15) is 31.1 Å². The van der Waals surface area contributed by atoms with Crippen molar-refractivity contribution in [3.05, 3.63) is 59.7 Å². The normalized spacial score (nSPS) is 16.2. The van der Waals surface area contributed by atoms with Crippen LogP contribution >= 0.6 is 0 Å². The van der Waals surface area contributed by atoms with Gasteiger partial charge in [-0.05, 0) is 43.7 Å². The van der Waals surface area contributed by atoms with Crippen molar-refractivity contribution in [2.45, 2.75) is 32.5 Å². The van der Waals surface area contributed by atoms with Gasteiger partial charge in [0.25, 0.3) is 0 Å². The van der Waals surface area contributed by atoms with Gasteiger partial charge in [-0.25, -0.2) is 9.18 Å². The lowest BCUT2D eigenvalue weighted by atomic mass is 9.99. The Hall–Kier alpha value is -2.83. The monoisotopic (exact) mass is 373 g/mol. The number of ether oxygens (including phenoxy) is 1. The second kappa shape index (κ2) is 7.82. The topological polar surface area (TPSA) is 54.8 Å². The first-order valence-electron chi connectivity index (χ1n) is 8.97. The number of nitrogens with zero attached hydrogens (tertiary/aromatic N) is 3. The smallest absolute Gasteiger partial charge is 0.410 e. The van der Waals surface area contributed by atoms with E-state index in [9.17, 15) is 14.0 Å². The molecule has 0 radical (unpaired) electrons. The van der Waals surface area contributed by atoms with Gasteiger partial charge in [0.05, 0.1) is 13.2 Å². The van der Waals surface area contributed by atoms with Crippen molar-refractivity contribution in [2.75, 3.05) is 20.2 Å². The molecule has 1 atom stereocenters. The summed E-state index contributed by atoms with van der Waals surface area (Å²) in [4.78, 5) is 28.3. The van der Waals surface area contributed by atoms with Crippen LogP contribution in [0.25, 0.3) is 0 Å². The van der Waals surface area contributed by atoms with Crippen LogP contribution in [-0.4, -0.2) is 52.6 Å². The summed E-state index contributed by atoms with van der Waals surface area (Å²) in [6.07, 6.45) is 1.44. The fourth-order valence-electron chi connectivity index (χ4n) is 3.46. The molecule has 7 heteroatoms. The molecule has 0 unspecified atom stereocenters. The Morgan fingerprint density at radius 2 is 1.93 bits per heavy atom. The minimum Gasteiger partial charge on any atom is -0.453 e. The van der Waals surface area contributed by atoms with Crippen LogP contribution in [-0.2, 0) is 16.1 Å². The fourth-order valence-corrected chi connectivity index (χ4v) is 3.46. The lowest BCUT2D eigenvalue weighted by molar-refractivity contribution is -0.135. The third-order valence-electron chi connectivity index (χ3n) is 4.88. The summed E-state index contributed by atoms with van der Waals surface area (Å²) < 4.78 is 20.3. The molecule has 144 valence electrons. The van der Waals surface area contributed by atoms with Gasteiger partial charge >= 0.3 is 6.09 Å². The number of aromatic nitrogens is 1. The quantitative estimate of drug-likeness (QED) is 0.828. The number of methoxy groups -OCH3 is 1. The molecule has 27 heavy (non-hydrogen) atoms. The summed E-state index contributed by atoms with van der Waals surface area (Å²) in [6.45, 7) is 4.79. The van der Waals surface area contributed by atoms with Crippen LogP contribution in [0.5, 0.6) is 0 Å². The van der Waals surface area contributed by atoms with Crippen LogP contribution in [0.15, 0.2) is 42.6 Å². The zero-order chi connectivity index (χ0) is 19.6. The molecule has 1 aliphatic rings. The maximum atomic E-state index is 13.4. The summed E-state index contributed by atoms with van der Waals surface area (Å²) in [5.41, 5.74) is 1.80. The molecule has 0 saturated carbocycles. The Morgan fingerprint density at radius 1 is 1.22 bits per heavy atom. The average Bonchev–Trinajstić information content (AvgIpc) is 3.13. The van der Waals surface area contributed by atoms with Crippen molar-refractivity contribution < 1.29 is 18.7 Å². The Balaban J connectivity index is 1.91. The SMILES string of the molecule is COC(=O)N(CC(=O)N1CCn2cccc2[C@@H]1c1ccc(F)cc1)C(C)C. The number of hydrogen-bond donors (Lipinski definition) is 0. The molecular weight excluding hydrogens is 349 g/mol. The van der Waals surface area contributed by atoms with Crippen LogP contribution in [0, 0.1) is 5.82 Å². The molecule has 0 aliphatic carbocycles. The van der Waals surface area contributed by atoms with Gasteiger partial charge in [0.2, 0.25) is 5.91 Å². The van der Waals surface area contributed by atoms with E-state index in [1.165, 1.54) is 24.1 Å². The highest BCUT2D eigenvalue weighted by Gasteiger charge is 2.34. The Labute approximate surface area is 158 Å². The van der Waals surface area contributed by atoms with Gasteiger partial charge < -0.3 is 14.2 Å². The highest BCUT2D eigenvalue weighted by Crippen LogP contribution is 2.32. The first-order chi connectivity index (χ1) is 12.9. The van der Waals surface area contributed by atoms with Crippen LogP contribution in [0.2, 0.25) is 0 Å². The minimum absolute atomic E-state index is 0.0667.